The SMILES string of the molecule is NC(=O)CSc1nc(N)c(C(=O)Nc2ccccc2)cc1C(=O)Nc1ccccc1. The van der Waals surface area contributed by atoms with Gasteiger partial charge in [-0.25, -0.2) is 4.98 Å². The zero-order valence-electron chi connectivity index (χ0n) is 15.8. The van der Waals surface area contributed by atoms with Gasteiger partial charge in [-0.2, -0.15) is 0 Å². The molecule has 1 heterocycles. The van der Waals surface area contributed by atoms with Crippen molar-refractivity contribution in [3.63, 3.8) is 0 Å². The van der Waals surface area contributed by atoms with Gasteiger partial charge in [0.15, 0.2) is 0 Å². The van der Waals surface area contributed by atoms with Crippen LogP contribution >= 0.6 is 11.8 Å². The van der Waals surface area contributed by atoms with Gasteiger partial charge in [0.1, 0.15) is 10.8 Å². The van der Waals surface area contributed by atoms with E-state index in [0.29, 0.717) is 11.4 Å². The smallest absolute Gasteiger partial charge is 0.259 e. The third-order valence-electron chi connectivity index (χ3n) is 3.92. The van der Waals surface area contributed by atoms with E-state index in [-0.39, 0.29) is 27.7 Å². The van der Waals surface area contributed by atoms with Crippen molar-refractivity contribution in [2.45, 2.75) is 5.03 Å². The quantitative estimate of drug-likeness (QED) is 0.432. The third kappa shape index (κ3) is 5.36. The number of aromatic nitrogens is 1. The lowest BCUT2D eigenvalue weighted by Gasteiger charge is -2.13. The Morgan fingerprint density at radius 3 is 1.83 bits per heavy atom. The summed E-state index contributed by atoms with van der Waals surface area (Å²) in [6.45, 7) is 0. The molecule has 30 heavy (non-hydrogen) atoms. The van der Waals surface area contributed by atoms with Gasteiger partial charge in [-0.3, -0.25) is 14.4 Å². The highest BCUT2D eigenvalue weighted by Gasteiger charge is 2.21. The highest BCUT2D eigenvalue weighted by Crippen LogP contribution is 2.26. The van der Waals surface area contributed by atoms with Gasteiger partial charge in [-0.1, -0.05) is 48.2 Å². The summed E-state index contributed by atoms with van der Waals surface area (Å²) in [6.07, 6.45) is 0. The predicted molar refractivity (Wildman–Crippen MR) is 117 cm³/mol. The van der Waals surface area contributed by atoms with Crippen molar-refractivity contribution in [3.8, 4) is 0 Å². The molecule has 0 unspecified atom stereocenters. The number of rotatable bonds is 7. The highest BCUT2D eigenvalue weighted by molar-refractivity contribution is 8.00. The Labute approximate surface area is 177 Å². The Morgan fingerprint density at radius 1 is 0.833 bits per heavy atom. The second-order valence-electron chi connectivity index (χ2n) is 6.17. The van der Waals surface area contributed by atoms with Crippen molar-refractivity contribution in [3.05, 3.63) is 77.9 Å². The van der Waals surface area contributed by atoms with Gasteiger partial charge in [0.2, 0.25) is 5.91 Å². The Kier molecular flexibility index (Phi) is 6.66. The topological polar surface area (TPSA) is 140 Å². The highest BCUT2D eigenvalue weighted by atomic mass is 32.2. The van der Waals surface area contributed by atoms with Gasteiger partial charge < -0.3 is 22.1 Å². The lowest BCUT2D eigenvalue weighted by molar-refractivity contribution is -0.115. The molecule has 0 saturated carbocycles. The third-order valence-corrected chi connectivity index (χ3v) is 4.93. The Bertz CT molecular complexity index is 1070. The van der Waals surface area contributed by atoms with Crippen molar-refractivity contribution in [2.24, 2.45) is 5.73 Å². The number of benzene rings is 2. The van der Waals surface area contributed by atoms with E-state index in [4.69, 9.17) is 11.5 Å². The zero-order valence-corrected chi connectivity index (χ0v) is 16.6. The Balaban J connectivity index is 1.94. The van der Waals surface area contributed by atoms with Gasteiger partial charge in [0.25, 0.3) is 11.8 Å². The fourth-order valence-electron chi connectivity index (χ4n) is 2.54. The minimum Gasteiger partial charge on any atom is -0.383 e. The van der Waals surface area contributed by atoms with Crippen LogP contribution in [0.15, 0.2) is 71.8 Å². The van der Waals surface area contributed by atoms with E-state index >= 15 is 0 Å². The number of primary amides is 1. The number of para-hydroxylation sites is 2. The summed E-state index contributed by atoms with van der Waals surface area (Å²) in [5.41, 5.74) is 12.5. The first kappa shape index (κ1) is 20.9. The standard InChI is InChI=1S/C21H19N5O3S/c22-17(27)12-30-21-16(20(29)25-14-9-5-2-6-10-14)11-15(18(23)26-21)19(28)24-13-7-3-1-4-8-13/h1-11H,12H2,(H2,22,27)(H2,23,26)(H,24,28)(H,25,29). The second kappa shape index (κ2) is 9.57. The maximum Gasteiger partial charge on any atom is 0.259 e. The van der Waals surface area contributed by atoms with Crippen molar-refractivity contribution in [2.75, 3.05) is 22.1 Å². The lowest BCUT2D eigenvalue weighted by Crippen LogP contribution is -2.20. The molecule has 1 aromatic heterocycles. The average molecular weight is 421 g/mol. The number of hydrogen-bond acceptors (Lipinski definition) is 6. The molecule has 0 saturated heterocycles. The molecule has 9 heteroatoms. The van der Waals surface area contributed by atoms with E-state index in [0.717, 1.165) is 11.8 Å². The molecule has 3 aromatic rings. The monoisotopic (exact) mass is 421 g/mol. The number of nitrogens with two attached hydrogens (primary N) is 2. The molecule has 0 aliphatic rings. The number of hydrogen-bond donors (Lipinski definition) is 4. The number of nitrogens with one attached hydrogen (secondary N) is 2. The maximum atomic E-state index is 12.9. The van der Waals surface area contributed by atoms with Crippen LogP contribution in [0.1, 0.15) is 20.7 Å². The van der Waals surface area contributed by atoms with Crippen LogP contribution < -0.4 is 22.1 Å². The van der Waals surface area contributed by atoms with Gasteiger partial charge in [-0.15, -0.1) is 0 Å². The van der Waals surface area contributed by atoms with Gasteiger partial charge in [-0.05, 0) is 30.3 Å². The van der Waals surface area contributed by atoms with Crippen LogP contribution in [-0.2, 0) is 4.79 Å². The van der Waals surface area contributed by atoms with Gasteiger partial charge >= 0.3 is 0 Å². The number of pyridine rings is 1. The van der Waals surface area contributed by atoms with Crippen molar-refractivity contribution in [1.82, 2.24) is 4.98 Å². The fraction of sp³-hybridized carbons (Fsp3) is 0.0476. The maximum absolute atomic E-state index is 12.9. The number of amides is 3. The fourth-order valence-corrected chi connectivity index (χ4v) is 3.29. The molecule has 0 radical (unpaired) electrons. The first-order chi connectivity index (χ1) is 14.4. The van der Waals surface area contributed by atoms with Crippen LogP contribution in [0, 0.1) is 0 Å². The van der Waals surface area contributed by atoms with Crippen LogP contribution in [0.4, 0.5) is 17.2 Å². The van der Waals surface area contributed by atoms with Crippen LogP contribution in [0.2, 0.25) is 0 Å². The Morgan fingerprint density at radius 2 is 1.33 bits per heavy atom. The van der Waals surface area contributed by atoms with Crippen molar-refractivity contribution < 1.29 is 14.4 Å². The summed E-state index contributed by atoms with van der Waals surface area (Å²) >= 11 is 0.974. The minimum absolute atomic E-state index is 0.0421. The van der Waals surface area contributed by atoms with E-state index in [2.05, 4.69) is 15.6 Å². The van der Waals surface area contributed by atoms with E-state index < -0.39 is 17.7 Å². The lowest BCUT2D eigenvalue weighted by atomic mass is 10.1. The molecule has 0 aliphatic carbocycles. The number of carbonyl (C=O) groups is 3. The van der Waals surface area contributed by atoms with Crippen LogP contribution in [0.25, 0.3) is 0 Å². The average Bonchev–Trinajstić information content (AvgIpc) is 2.73. The molecular weight excluding hydrogens is 402 g/mol. The van der Waals surface area contributed by atoms with Crippen LogP contribution in [-0.4, -0.2) is 28.5 Å². The van der Waals surface area contributed by atoms with E-state index in [1.54, 1.807) is 48.5 Å². The molecule has 0 fully saturated rings. The van der Waals surface area contributed by atoms with Crippen molar-refractivity contribution in [1.29, 1.82) is 0 Å². The van der Waals surface area contributed by atoms with Crippen molar-refractivity contribution >= 4 is 46.7 Å². The minimum atomic E-state index is -0.569. The van der Waals surface area contributed by atoms with E-state index in [1.807, 2.05) is 12.1 Å². The van der Waals surface area contributed by atoms with Crippen LogP contribution in [0.3, 0.4) is 0 Å². The number of nitrogen functional groups attached to an aromatic ring is 1. The second-order valence-corrected chi connectivity index (χ2v) is 7.13. The first-order valence-corrected chi connectivity index (χ1v) is 9.87. The zero-order chi connectivity index (χ0) is 21.5. The summed E-state index contributed by atoms with van der Waals surface area (Å²) < 4.78 is 0. The summed E-state index contributed by atoms with van der Waals surface area (Å²) in [5.74, 6) is -1.72. The molecule has 3 amide bonds. The molecule has 2 aromatic carbocycles. The van der Waals surface area contributed by atoms with Crippen LogP contribution in [0.5, 0.6) is 0 Å². The summed E-state index contributed by atoms with van der Waals surface area (Å²) in [6, 6.07) is 19.0. The molecule has 0 bridgehead atoms. The van der Waals surface area contributed by atoms with Gasteiger partial charge in [0, 0.05) is 11.4 Å². The van der Waals surface area contributed by atoms with Gasteiger partial charge in [0.05, 0.1) is 16.9 Å². The number of nitrogens with zero attached hydrogens (tertiary/aromatic N) is 1. The summed E-state index contributed by atoms with van der Waals surface area (Å²) in [5, 5.41) is 5.66. The largest absolute Gasteiger partial charge is 0.383 e. The van der Waals surface area contributed by atoms with E-state index in [9.17, 15) is 14.4 Å². The van der Waals surface area contributed by atoms with E-state index in [1.165, 1.54) is 6.07 Å². The number of carbonyl (C=O) groups excluding carboxylic acids is 3. The Hall–Kier alpha value is -3.85. The number of thioether (sulfide) groups is 1. The molecule has 8 nitrogen and oxygen atoms in total. The molecule has 6 N–H and O–H groups in total. The predicted octanol–water partition coefficient (Wildman–Crippen LogP) is 2.75. The number of anilines is 3. The molecule has 3 rings (SSSR count). The summed E-state index contributed by atoms with van der Waals surface area (Å²) in [7, 11) is 0. The normalized spacial score (nSPS) is 10.3. The molecule has 0 aliphatic heterocycles. The first-order valence-electron chi connectivity index (χ1n) is 8.88. The molecule has 152 valence electrons. The molecular formula is C21H19N5O3S. The molecule has 0 atom stereocenters. The molecule has 0 spiro atoms. The summed E-state index contributed by atoms with van der Waals surface area (Å²) in [4.78, 5) is 40.9.